The zero-order valence-electron chi connectivity index (χ0n) is 9.15. The van der Waals surface area contributed by atoms with E-state index in [0.29, 0.717) is 5.92 Å². The zero-order valence-corrected chi connectivity index (χ0v) is 9.96. The lowest BCUT2D eigenvalue weighted by molar-refractivity contribution is 0.274. The molecule has 3 nitrogen and oxygen atoms in total. The molecule has 0 saturated carbocycles. The highest BCUT2D eigenvalue weighted by Crippen LogP contribution is 2.18. The van der Waals surface area contributed by atoms with E-state index in [0.717, 1.165) is 18.6 Å². The van der Waals surface area contributed by atoms with E-state index in [9.17, 15) is 0 Å². The second-order valence-electron chi connectivity index (χ2n) is 3.96. The smallest absolute Gasteiger partial charge is 0.0565 e. The molecule has 0 aromatic rings. The normalized spacial score (nSPS) is 15.9. The first kappa shape index (κ1) is 14.2. The lowest BCUT2D eigenvalue weighted by Gasteiger charge is -2.22. The lowest BCUT2D eigenvalue weighted by Crippen LogP contribution is -2.36. The highest BCUT2D eigenvalue weighted by Gasteiger charge is 2.17. The van der Waals surface area contributed by atoms with E-state index in [2.05, 4.69) is 13.8 Å². The second-order valence-corrected chi connectivity index (χ2v) is 5.31. The summed E-state index contributed by atoms with van der Waals surface area (Å²) in [5.41, 5.74) is 5.97. The summed E-state index contributed by atoms with van der Waals surface area (Å²) in [6, 6.07) is 0.0590. The molecule has 0 spiro atoms. The summed E-state index contributed by atoms with van der Waals surface area (Å²) in [7, 11) is 0. The van der Waals surface area contributed by atoms with Crippen LogP contribution in [-0.4, -0.2) is 40.5 Å². The molecule has 0 aromatic heterocycles. The summed E-state index contributed by atoms with van der Waals surface area (Å²) in [5.74, 6) is 1.44. The van der Waals surface area contributed by atoms with Crippen molar-refractivity contribution in [1.82, 2.24) is 0 Å². The predicted octanol–water partition coefficient (Wildman–Crippen LogP) is 0.836. The van der Waals surface area contributed by atoms with Crippen LogP contribution < -0.4 is 5.73 Å². The number of thioether (sulfide) groups is 1. The molecule has 0 aliphatic carbocycles. The molecule has 0 rings (SSSR count). The van der Waals surface area contributed by atoms with Crippen LogP contribution in [0.15, 0.2) is 0 Å². The SMILES string of the molecule is CC(C)CC(N)C(CO)SCCCO. The van der Waals surface area contributed by atoms with Gasteiger partial charge in [-0.25, -0.2) is 0 Å². The summed E-state index contributed by atoms with van der Waals surface area (Å²) in [4.78, 5) is 0. The van der Waals surface area contributed by atoms with Crippen molar-refractivity contribution >= 4 is 11.8 Å². The molecular formula is C10H23NO2S. The number of rotatable bonds is 8. The van der Waals surface area contributed by atoms with Crippen molar-refractivity contribution in [2.24, 2.45) is 11.7 Å². The minimum absolute atomic E-state index is 0.0590. The summed E-state index contributed by atoms with van der Waals surface area (Å²) in [6.45, 7) is 4.61. The Bertz CT molecular complexity index is 133. The largest absolute Gasteiger partial charge is 0.396 e. The topological polar surface area (TPSA) is 66.5 Å². The Kier molecular flexibility index (Phi) is 8.67. The standard InChI is InChI=1S/C10H23NO2S/c1-8(2)6-9(11)10(7-13)14-5-3-4-12/h8-10,12-13H,3-7,11H2,1-2H3. The molecule has 2 atom stereocenters. The highest BCUT2D eigenvalue weighted by atomic mass is 32.2. The van der Waals surface area contributed by atoms with Gasteiger partial charge in [0, 0.05) is 17.9 Å². The average Bonchev–Trinajstić information content (AvgIpc) is 2.11. The van der Waals surface area contributed by atoms with Gasteiger partial charge in [-0.05, 0) is 24.5 Å². The van der Waals surface area contributed by atoms with Gasteiger partial charge in [0.15, 0.2) is 0 Å². The Hall–Kier alpha value is 0.230. The fourth-order valence-corrected chi connectivity index (χ4v) is 2.37. The Morgan fingerprint density at radius 2 is 1.93 bits per heavy atom. The highest BCUT2D eigenvalue weighted by molar-refractivity contribution is 7.99. The fourth-order valence-electron chi connectivity index (χ4n) is 1.31. The third-order valence-electron chi connectivity index (χ3n) is 2.04. The molecule has 0 saturated heterocycles. The number of aliphatic hydroxyl groups excluding tert-OH is 2. The van der Waals surface area contributed by atoms with Crippen molar-refractivity contribution < 1.29 is 10.2 Å². The van der Waals surface area contributed by atoms with Gasteiger partial charge in [0.1, 0.15) is 0 Å². The molecule has 14 heavy (non-hydrogen) atoms. The van der Waals surface area contributed by atoms with E-state index >= 15 is 0 Å². The van der Waals surface area contributed by atoms with Gasteiger partial charge in [-0.3, -0.25) is 0 Å². The van der Waals surface area contributed by atoms with Crippen molar-refractivity contribution in [3.8, 4) is 0 Å². The molecule has 0 aliphatic rings. The molecule has 0 fully saturated rings. The van der Waals surface area contributed by atoms with E-state index in [1.54, 1.807) is 11.8 Å². The van der Waals surface area contributed by atoms with Crippen molar-refractivity contribution in [3.05, 3.63) is 0 Å². The quantitative estimate of drug-likeness (QED) is 0.531. The van der Waals surface area contributed by atoms with Gasteiger partial charge in [0.2, 0.25) is 0 Å². The minimum atomic E-state index is 0.0590. The molecule has 86 valence electrons. The van der Waals surface area contributed by atoms with Crippen LogP contribution in [0.4, 0.5) is 0 Å². The molecular weight excluding hydrogens is 198 g/mol. The summed E-state index contributed by atoms with van der Waals surface area (Å²) >= 11 is 1.66. The molecule has 2 unspecified atom stereocenters. The van der Waals surface area contributed by atoms with Crippen LogP contribution in [0.5, 0.6) is 0 Å². The van der Waals surface area contributed by atoms with Crippen molar-refractivity contribution in [2.45, 2.75) is 38.0 Å². The molecule has 4 heteroatoms. The second kappa shape index (κ2) is 8.53. The maximum atomic E-state index is 9.15. The number of aliphatic hydroxyl groups is 2. The van der Waals surface area contributed by atoms with Gasteiger partial charge in [-0.1, -0.05) is 13.8 Å². The maximum Gasteiger partial charge on any atom is 0.0565 e. The van der Waals surface area contributed by atoms with Crippen molar-refractivity contribution in [1.29, 1.82) is 0 Å². The van der Waals surface area contributed by atoms with E-state index in [1.807, 2.05) is 0 Å². The van der Waals surface area contributed by atoms with E-state index in [4.69, 9.17) is 15.9 Å². The van der Waals surface area contributed by atoms with E-state index in [1.165, 1.54) is 0 Å². The Morgan fingerprint density at radius 3 is 2.36 bits per heavy atom. The lowest BCUT2D eigenvalue weighted by atomic mass is 10.0. The van der Waals surface area contributed by atoms with Crippen LogP contribution in [0.2, 0.25) is 0 Å². The number of hydrogen-bond acceptors (Lipinski definition) is 4. The average molecular weight is 221 g/mol. The molecule has 0 bridgehead atoms. The summed E-state index contributed by atoms with van der Waals surface area (Å²) in [6.07, 6.45) is 1.72. The number of nitrogens with two attached hydrogens (primary N) is 1. The molecule has 0 heterocycles. The molecule has 0 aliphatic heterocycles. The third kappa shape index (κ3) is 6.65. The molecule has 0 aromatic carbocycles. The van der Waals surface area contributed by atoms with Crippen LogP contribution in [0, 0.1) is 5.92 Å². The van der Waals surface area contributed by atoms with Gasteiger partial charge in [-0.15, -0.1) is 0 Å². The maximum absolute atomic E-state index is 9.15. The van der Waals surface area contributed by atoms with Crippen LogP contribution in [0.1, 0.15) is 26.7 Å². The first-order valence-electron chi connectivity index (χ1n) is 5.20. The van der Waals surface area contributed by atoms with Gasteiger partial charge < -0.3 is 15.9 Å². The van der Waals surface area contributed by atoms with Crippen LogP contribution in [0.3, 0.4) is 0 Å². The summed E-state index contributed by atoms with van der Waals surface area (Å²) < 4.78 is 0. The summed E-state index contributed by atoms with van der Waals surface area (Å²) in [5, 5.41) is 17.9. The van der Waals surface area contributed by atoms with Crippen LogP contribution in [0.25, 0.3) is 0 Å². The number of hydrogen-bond donors (Lipinski definition) is 3. The first-order valence-corrected chi connectivity index (χ1v) is 6.25. The Labute approximate surface area is 91.1 Å². The van der Waals surface area contributed by atoms with Gasteiger partial charge in [0.25, 0.3) is 0 Å². The minimum Gasteiger partial charge on any atom is -0.396 e. The zero-order chi connectivity index (χ0) is 11.0. The first-order chi connectivity index (χ1) is 6.61. The molecule has 4 N–H and O–H groups in total. The van der Waals surface area contributed by atoms with Crippen LogP contribution in [-0.2, 0) is 0 Å². The fraction of sp³-hybridized carbons (Fsp3) is 1.00. The third-order valence-corrected chi connectivity index (χ3v) is 3.49. The molecule has 0 amide bonds. The van der Waals surface area contributed by atoms with Crippen molar-refractivity contribution in [3.63, 3.8) is 0 Å². The van der Waals surface area contributed by atoms with Crippen molar-refractivity contribution in [2.75, 3.05) is 19.0 Å². The predicted molar refractivity (Wildman–Crippen MR) is 62.5 cm³/mol. The Morgan fingerprint density at radius 1 is 1.29 bits per heavy atom. The van der Waals surface area contributed by atoms with E-state index in [-0.39, 0.29) is 24.5 Å². The monoisotopic (exact) mass is 221 g/mol. The molecule has 0 radical (unpaired) electrons. The van der Waals surface area contributed by atoms with Gasteiger partial charge in [0.05, 0.1) is 6.61 Å². The van der Waals surface area contributed by atoms with Gasteiger partial charge >= 0.3 is 0 Å². The van der Waals surface area contributed by atoms with Crippen LogP contribution >= 0.6 is 11.8 Å². The Balaban J connectivity index is 3.74. The van der Waals surface area contributed by atoms with E-state index < -0.39 is 0 Å². The van der Waals surface area contributed by atoms with Gasteiger partial charge in [-0.2, -0.15) is 11.8 Å².